The smallest absolute Gasteiger partial charge is 0.221 e. The van der Waals surface area contributed by atoms with E-state index in [-0.39, 0.29) is 5.92 Å². The van der Waals surface area contributed by atoms with E-state index in [0.29, 0.717) is 17.6 Å². The van der Waals surface area contributed by atoms with Crippen molar-refractivity contribution in [3.05, 3.63) is 16.5 Å². The zero-order valence-corrected chi connectivity index (χ0v) is 9.72. The molecule has 0 bridgehead atoms. The first-order valence-corrected chi connectivity index (χ1v) is 5.10. The lowest BCUT2D eigenvalue weighted by Gasteiger charge is -2.10. The first-order chi connectivity index (χ1) is 6.56. The van der Waals surface area contributed by atoms with E-state index in [0.717, 1.165) is 11.4 Å². The summed E-state index contributed by atoms with van der Waals surface area (Å²) in [5.41, 5.74) is 0.804. The normalized spacial score (nSPS) is 10.7. The largest absolute Gasteiger partial charge is 0.478 e. The topological polar surface area (TPSA) is 35.0 Å². The van der Waals surface area contributed by atoms with E-state index < -0.39 is 0 Å². The average Bonchev–Trinajstić information content (AvgIpc) is 2.12. The van der Waals surface area contributed by atoms with Gasteiger partial charge in [0.2, 0.25) is 5.88 Å². The zero-order chi connectivity index (χ0) is 10.7. The van der Waals surface area contributed by atoms with Crippen LogP contribution in [0.4, 0.5) is 0 Å². The summed E-state index contributed by atoms with van der Waals surface area (Å²) in [4.78, 5) is 8.49. The molecule has 1 rings (SSSR count). The summed E-state index contributed by atoms with van der Waals surface area (Å²) in [5.74, 6) is 1.58. The van der Waals surface area contributed by atoms with E-state index >= 15 is 0 Å². The molecule has 0 unspecified atom stereocenters. The molecule has 0 saturated heterocycles. The van der Waals surface area contributed by atoms with Crippen LogP contribution in [0.5, 0.6) is 5.88 Å². The van der Waals surface area contributed by atoms with Crippen LogP contribution in [-0.4, -0.2) is 16.6 Å². The van der Waals surface area contributed by atoms with Gasteiger partial charge >= 0.3 is 0 Å². The summed E-state index contributed by atoms with van der Waals surface area (Å²) in [5, 5.41) is 0.479. The fraction of sp³-hybridized carbons (Fsp3) is 0.600. The molecule has 1 aromatic rings. The van der Waals surface area contributed by atoms with Gasteiger partial charge in [-0.2, -0.15) is 4.98 Å². The molecule has 0 aliphatic rings. The van der Waals surface area contributed by atoms with Gasteiger partial charge in [-0.25, -0.2) is 4.98 Å². The van der Waals surface area contributed by atoms with E-state index in [1.54, 1.807) is 0 Å². The molecule has 0 fully saturated rings. The highest BCUT2D eigenvalue weighted by molar-refractivity contribution is 6.30. The maximum absolute atomic E-state index is 5.97. The van der Waals surface area contributed by atoms with Crippen molar-refractivity contribution in [3.63, 3.8) is 0 Å². The van der Waals surface area contributed by atoms with E-state index in [2.05, 4.69) is 9.97 Å². The highest BCUT2D eigenvalue weighted by Gasteiger charge is 2.12. The molecule has 0 saturated carbocycles. The molecule has 3 nitrogen and oxygen atoms in total. The molecule has 0 amide bonds. The minimum atomic E-state index is 0.257. The Kier molecular flexibility index (Phi) is 3.69. The van der Waals surface area contributed by atoms with Crippen LogP contribution in [0.1, 0.15) is 38.1 Å². The molecule has 0 N–H and O–H groups in total. The molecule has 1 heterocycles. The lowest BCUT2D eigenvalue weighted by molar-refractivity contribution is 0.321. The van der Waals surface area contributed by atoms with Crippen LogP contribution in [-0.2, 0) is 0 Å². The SMILES string of the molecule is CCOc1nc(C(C)C)nc(Cl)c1C. The molecule has 0 aliphatic carbocycles. The minimum absolute atomic E-state index is 0.257. The highest BCUT2D eigenvalue weighted by Crippen LogP contribution is 2.24. The summed E-state index contributed by atoms with van der Waals surface area (Å²) in [6.45, 7) is 8.42. The van der Waals surface area contributed by atoms with Crippen LogP contribution in [0.2, 0.25) is 5.15 Å². The first kappa shape index (κ1) is 11.2. The van der Waals surface area contributed by atoms with Crippen molar-refractivity contribution in [2.45, 2.75) is 33.6 Å². The predicted molar refractivity (Wildman–Crippen MR) is 57.0 cm³/mol. The Labute approximate surface area is 89.5 Å². The molecule has 0 spiro atoms. The van der Waals surface area contributed by atoms with E-state index in [1.807, 2.05) is 27.7 Å². The van der Waals surface area contributed by atoms with Crippen LogP contribution in [0.15, 0.2) is 0 Å². The second-order valence-corrected chi connectivity index (χ2v) is 3.75. The van der Waals surface area contributed by atoms with Crippen molar-refractivity contribution in [1.29, 1.82) is 0 Å². The Morgan fingerprint density at radius 1 is 1.36 bits per heavy atom. The number of aromatic nitrogens is 2. The summed E-state index contributed by atoms with van der Waals surface area (Å²) >= 11 is 5.97. The van der Waals surface area contributed by atoms with Gasteiger partial charge in [-0.1, -0.05) is 25.4 Å². The highest BCUT2D eigenvalue weighted by atomic mass is 35.5. The van der Waals surface area contributed by atoms with Crippen molar-refractivity contribution >= 4 is 11.6 Å². The van der Waals surface area contributed by atoms with Crippen LogP contribution < -0.4 is 4.74 Å². The number of hydrogen-bond acceptors (Lipinski definition) is 3. The fourth-order valence-corrected chi connectivity index (χ4v) is 1.19. The van der Waals surface area contributed by atoms with Gasteiger partial charge in [0.1, 0.15) is 11.0 Å². The van der Waals surface area contributed by atoms with E-state index in [1.165, 1.54) is 0 Å². The minimum Gasteiger partial charge on any atom is -0.478 e. The molecule has 1 aromatic heterocycles. The quantitative estimate of drug-likeness (QED) is 0.726. The van der Waals surface area contributed by atoms with Gasteiger partial charge in [0, 0.05) is 11.5 Å². The summed E-state index contributed by atoms with van der Waals surface area (Å²) < 4.78 is 5.37. The maximum Gasteiger partial charge on any atom is 0.221 e. The Balaban J connectivity index is 3.14. The third-order valence-electron chi connectivity index (χ3n) is 1.86. The Hall–Kier alpha value is -0.830. The molecule has 14 heavy (non-hydrogen) atoms. The molecule has 0 aliphatic heterocycles. The molecule has 0 radical (unpaired) electrons. The number of hydrogen-bond donors (Lipinski definition) is 0. The molecule has 78 valence electrons. The summed E-state index contributed by atoms with van der Waals surface area (Å²) in [6.07, 6.45) is 0. The third-order valence-corrected chi connectivity index (χ3v) is 2.22. The van der Waals surface area contributed by atoms with Gasteiger partial charge in [-0.15, -0.1) is 0 Å². The predicted octanol–water partition coefficient (Wildman–Crippen LogP) is 2.96. The van der Waals surface area contributed by atoms with Crippen molar-refractivity contribution in [1.82, 2.24) is 9.97 Å². The average molecular weight is 215 g/mol. The number of halogens is 1. The van der Waals surface area contributed by atoms with Gasteiger partial charge in [0.05, 0.1) is 6.61 Å². The Bertz CT molecular complexity index is 326. The molecule has 0 atom stereocenters. The molecular formula is C10H15ClN2O. The fourth-order valence-electron chi connectivity index (χ4n) is 1.02. The van der Waals surface area contributed by atoms with Crippen molar-refractivity contribution < 1.29 is 4.74 Å². The zero-order valence-electron chi connectivity index (χ0n) is 8.97. The standard InChI is InChI=1S/C10H15ClN2O/c1-5-14-10-7(4)8(11)12-9(13-10)6(2)3/h6H,5H2,1-4H3. The lowest BCUT2D eigenvalue weighted by atomic mass is 10.2. The molecule has 4 heteroatoms. The van der Waals surface area contributed by atoms with Crippen molar-refractivity contribution in [3.8, 4) is 5.88 Å². The van der Waals surface area contributed by atoms with Gasteiger partial charge in [-0.05, 0) is 13.8 Å². The lowest BCUT2D eigenvalue weighted by Crippen LogP contribution is -2.04. The van der Waals surface area contributed by atoms with Crippen molar-refractivity contribution in [2.24, 2.45) is 0 Å². The second kappa shape index (κ2) is 4.60. The second-order valence-electron chi connectivity index (χ2n) is 3.39. The summed E-state index contributed by atoms with van der Waals surface area (Å²) in [6, 6.07) is 0. The Morgan fingerprint density at radius 2 is 2.00 bits per heavy atom. The van der Waals surface area contributed by atoms with Crippen molar-refractivity contribution in [2.75, 3.05) is 6.61 Å². The summed E-state index contributed by atoms with van der Waals surface area (Å²) in [7, 11) is 0. The number of rotatable bonds is 3. The van der Waals surface area contributed by atoms with Gasteiger partial charge < -0.3 is 4.74 Å². The van der Waals surface area contributed by atoms with Gasteiger partial charge in [0.25, 0.3) is 0 Å². The van der Waals surface area contributed by atoms with E-state index in [9.17, 15) is 0 Å². The van der Waals surface area contributed by atoms with Crippen LogP contribution >= 0.6 is 11.6 Å². The van der Waals surface area contributed by atoms with Crippen LogP contribution in [0.3, 0.4) is 0 Å². The van der Waals surface area contributed by atoms with Gasteiger partial charge in [0.15, 0.2) is 0 Å². The number of ether oxygens (including phenoxy) is 1. The Morgan fingerprint density at radius 3 is 2.50 bits per heavy atom. The van der Waals surface area contributed by atoms with Crippen LogP contribution in [0, 0.1) is 6.92 Å². The van der Waals surface area contributed by atoms with Crippen LogP contribution in [0.25, 0.3) is 0 Å². The first-order valence-electron chi connectivity index (χ1n) is 4.73. The van der Waals surface area contributed by atoms with E-state index in [4.69, 9.17) is 16.3 Å². The molecular weight excluding hydrogens is 200 g/mol. The van der Waals surface area contributed by atoms with Gasteiger partial charge in [-0.3, -0.25) is 0 Å². The maximum atomic E-state index is 5.97. The number of nitrogens with zero attached hydrogens (tertiary/aromatic N) is 2. The third kappa shape index (κ3) is 2.35. The monoisotopic (exact) mass is 214 g/mol. The molecule has 0 aromatic carbocycles.